The van der Waals surface area contributed by atoms with E-state index in [4.69, 9.17) is 17.3 Å². The number of anilines is 1. The van der Waals surface area contributed by atoms with Crippen molar-refractivity contribution in [3.8, 4) is 0 Å². The molecule has 0 unspecified atom stereocenters. The molecule has 4 nitrogen and oxygen atoms in total. The zero-order valence-electron chi connectivity index (χ0n) is 8.87. The first-order chi connectivity index (χ1) is 8.09. The number of carbonyl (C=O) groups excluding carboxylic acids is 1. The number of hydrogen-bond acceptors (Lipinski definition) is 4. The van der Waals surface area contributed by atoms with Crippen LogP contribution in [0.2, 0.25) is 0 Å². The predicted molar refractivity (Wildman–Crippen MR) is 71.4 cm³/mol. The average molecular weight is 268 g/mol. The SMILES string of the molecule is C=C(Cl)CNC(=O)c1sc2cnccc2c1N. The number of thiophene rings is 1. The molecule has 3 N–H and O–H groups in total. The van der Waals surface area contributed by atoms with Crippen LogP contribution in [0.3, 0.4) is 0 Å². The zero-order chi connectivity index (χ0) is 12.4. The molecule has 0 saturated carbocycles. The molecule has 1 amide bonds. The lowest BCUT2D eigenvalue weighted by Crippen LogP contribution is -2.24. The molecule has 0 aliphatic carbocycles. The maximum atomic E-state index is 11.8. The molecule has 0 aliphatic rings. The fourth-order valence-electron chi connectivity index (χ4n) is 1.40. The van der Waals surface area contributed by atoms with Crippen LogP contribution in [0.1, 0.15) is 9.67 Å². The highest BCUT2D eigenvalue weighted by atomic mass is 35.5. The number of nitrogens with zero attached hydrogens (tertiary/aromatic N) is 1. The molecule has 2 aromatic heterocycles. The summed E-state index contributed by atoms with van der Waals surface area (Å²) in [6.45, 7) is 3.73. The summed E-state index contributed by atoms with van der Waals surface area (Å²) in [5, 5.41) is 3.86. The Morgan fingerprint density at radius 2 is 2.41 bits per heavy atom. The summed E-state index contributed by atoms with van der Waals surface area (Å²) in [5.74, 6) is -0.245. The first-order valence-corrected chi connectivity index (χ1v) is 6.02. The summed E-state index contributed by atoms with van der Waals surface area (Å²) < 4.78 is 0.889. The van der Waals surface area contributed by atoms with Gasteiger partial charge in [-0.3, -0.25) is 9.78 Å². The second kappa shape index (κ2) is 4.73. The van der Waals surface area contributed by atoms with E-state index in [1.165, 1.54) is 11.3 Å². The van der Waals surface area contributed by atoms with Crippen molar-refractivity contribution in [2.45, 2.75) is 0 Å². The van der Waals surface area contributed by atoms with Gasteiger partial charge in [0.25, 0.3) is 5.91 Å². The Bertz CT molecular complexity index is 593. The minimum absolute atomic E-state index is 0.228. The van der Waals surface area contributed by atoms with E-state index in [2.05, 4.69) is 16.9 Å². The molecule has 0 bridgehead atoms. The van der Waals surface area contributed by atoms with E-state index in [1.807, 2.05) is 0 Å². The molecule has 0 saturated heterocycles. The highest BCUT2D eigenvalue weighted by molar-refractivity contribution is 7.21. The lowest BCUT2D eigenvalue weighted by atomic mass is 10.2. The minimum Gasteiger partial charge on any atom is -0.397 e. The van der Waals surface area contributed by atoms with Crippen LogP contribution < -0.4 is 11.1 Å². The van der Waals surface area contributed by atoms with Crippen molar-refractivity contribution >= 4 is 44.6 Å². The Morgan fingerprint density at radius 3 is 3.06 bits per heavy atom. The van der Waals surface area contributed by atoms with Crippen molar-refractivity contribution in [3.05, 3.63) is 34.9 Å². The third-order valence-electron chi connectivity index (χ3n) is 2.18. The summed E-state index contributed by atoms with van der Waals surface area (Å²) in [6.07, 6.45) is 3.33. The van der Waals surface area contributed by atoms with Gasteiger partial charge in [-0.05, 0) is 6.07 Å². The summed E-state index contributed by atoms with van der Waals surface area (Å²) >= 11 is 6.89. The number of aromatic nitrogens is 1. The number of amides is 1. The standard InChI is InChI=1S/C11H10ClN3OS/c1-6(12)4-15-11(16)10-9(13)7-2-3-14-5-8(7)17-10/h2-3,5H,1,4,13H2,(H,15,16). The number of hydrogen-bond donors (Lipinski definition) is 2. The Hall–Kier alpha value is -1.59. The van der Waals surface area contributed by atoms with Gasteiger partial charge in [-0.2, -0.15) is 0 Å². The number of fused-ring (bicyclic) bond motifs is 1. The first-order valence-electron chi connectivity index (χ1n) is 4.83. The van der Waals surface area contributed by atoms with Gasteiger partial charge < -0.3 is 11.1 Å². The van der Waals surface area contributed by atoms with Gasteiger partial charge in [0.1, 0.15) is 4.88 Å². The van der Waals surface area contributed by atoms with Gasteiger partial charge in [0, 0.05) is 22.8 Å². The van der Waals surface area contributed by atoms with Gasteiger partial charge in [0.2, 0.25) is 0 Å². The molecule has 17 heavy (non-hydrogen) atoms. The fourth-order valence-corrected chi connectivity index (χ4v) is 2.47. The van der Waals surface area contributed by atoms with E-state index in [-0.39, 0.29) is 12.5 Å². The molecular formula is C11H10ClN3OS. The van der Waals surface area contributed by atoms with Gasteiger partial charge >= 0.3 is 0 Å². The molecule has 6 heteroatoms. The van der Waals surface area contributed by atoms with Gasteiger partial charge in [-0.25, -0.2) is 0 Å². The quantitative estimate of drug-likeness (QED) is 0.897. The number of nitrogen functional groups attached to an aromatic ring is 1. The third-order valence-corrected chi connectivity index (χ3v) is 3.47. The summed E-state index contributed by atoms with van der Waals surface area (Å²) in [5.41, 5.74) is 6.39. The van der Waals surface area contributed by atoms with Crippen molar-refractivity contribution in [1.29, 1.82) is 0 Å². The maximum Gasteiger partial charge on any atom is 0.263 e. The lowest BCUT2D eigenvalue weighted by molar-refractivity contribution is 0.0962. The van der Waals surface area contributed by atoms with Crippen molar-refractivity contribution in [1.82, 2.24) is 10.3 Å². The first kappa shape index (κ1) is 11.9. The van der Waals surface area contributed by atoms with Crippen LogP contribution in [0.15, 0.2) is 30.1 Å². The van der Waals surface area contributed by atoms with Crippen LogP contribution in [0.25, 0.3) is 10.1 Å². The molecule has 2 aromatic rings. The summed E-state index contributed by atoms with van der Waals surface area (Å²) in [6, 6.07) is 1.79. The van der Waals surface area contributed by atoms with Crippen molar-refractivity contribution < 1.29 is 4.79 Å². The average Bonchev–Trinajstić information content (AvgIpc) is 2.64. The van der Waals surface area contributed by atoms with E-state index < -0.39 is 0 Å². The van der Waals surface area contributed by atoms with Crippen LogP contribution in [0, 0.1) is 0 Å². The number of pyridine rings is 1. The van der Waals surface area contributed by atoms with Gasteiger partial charge in [0.05, 0.1) is 16.9 Å². The maximum absolute atomic E-state index is 11.8. The molecule has 2 rings (SSSR count). The highest BCUT2D eigenvalue weighted by Gasteiger charge is 2.15. The zero-order valence-corrected chi connectivity index (χ0v) is 10.4. The molecule has 0 spiro atoms. The van der Waals surface area contributed by atoms with E-state index in [0.717, 1.165) is 10.1 Å². The van der Waals surface area contributed by atoms with E-state index in [0.29, 0.717) is 15.6 Å². The Balaban J connectivity index is 2.32. The van der Waals surface area contributed by atoms with E-state index in [1.54, 1.807) is 18.5 Å². The fraction of sp³-hybridized carbons (Fsp3) is 0.0909. The molecule has 0 atom stereocenters. The third kappa shape index (κ3) is 2.40. The van der Waals surface area contributed by atoms with Crippen LogP contribution in [-0.2, 0) is 0 Å². The lowest BCUT2D eigenvalue weighted by Gasteiger charge is -2.02. The number of halogens is 1. The number of rotatable bonds is 3. The normalized spacial score (nSPS) is 10.4. The molecule has 0 aromatic carbocycles. The summed E-state index contributed by atoms with van der Waals surface area (Å²) in [7, 11) is 0. The molecular weight excluding hydrogens is 258 g/mol. The number of carbonyl (C=O) groups is 1. The molecule has 2 heterocycles. The second-order valence-corrected chi connectivity index (χ2v) is 5.00. The highest BCUT2D eigenvalue weighted by Crippen LogP contribution is 2.32. The number of nitrogens with one attached hydrogen (secondary N) is 1. The monoisotopic (exact) mass is 267 g/mol. The molecule has 0 aliphatic heterocycles. The van der Waals surface area contributed by atoms with Gasteiger partial charge in [0.15, 0.2) is 0 Å². The van der Waals surface area contributed by atoms with E-state index >= 15 is 0 Å². The van der Waals surface area contributed by atoms with Crippen LogP contribution in [-0.4, -0.2) is 17.4 Å². The molecule has 0 radical (unpaired) electrons. The second-order valence-electron chi connectivity index (χ2n) is 3.42. The Kier molecular flexibility index (Phi) is 3.31. The summed E-state index contributed by atoms with van der Waals surface area (Å²) in [4.78, 5) is 16.3. The Labute approximate surface area is 107 Å². The van der Waals surface area contributed by atoms with Crippen molar-refractivity contribution in [2.75, 3.05) is 12.3 Å². The van der Waals surface area contributed by atoms with Crippen molar-refractivity contribution in [2.24, 2.45) is 0 Å². The van der Waals surface area contributed by atoms with Crippen LogP contribution in [0.5, 0.6) is 0 Å². The topological polar surface area (TPSA) is 68.0 Å². The number of nitrogens with two attached hydrogens (primary N) is 1. The smallest absolute Gasteiger partial charge is 0.263 e. The van der Waals surface area contributed by atoms with E-state index in [9.17, 15) is 4.79 Å². The van der Waals surface area contributed by atoms with Gasteiger partial charge in [-0.1, -0.05) is 18.2 Å². The Morgan fingerprint density at radius 1 is 1.65 bits per heavy atom. The van der Waals surface area contributed by atoms with Crippen molar-refractivity contribution in [3.63, 3.8) is 0 Å². The molecule has 0 fully saturated rings. The van der Waals surface area contributed by atoms with Crippen LogP contribution >= 0.6 is 22.9 Å². The minimum atomic E-state index is -0.245. The largest absolute Gasteiger partial charge is 0.397 e. The molecule has 88 valence electrons. The van der Waals surface area contributed by atoms with Gasteiger partial charge in [-0.15, -0.1) is 11.3 Å². The van der Waals surface area contributed by atoms with Crippen LogP contribution in [0.4, 0.5) is 5.69 Å². The predicted octanol–water partition coefficient (Wildman–Crippen LogP) is 2.36.